The van der Waals surface area contributed by atoms with Gasteiger partial charge in [-0.1, -0.05) is 30.3 Å². The zero-order chi connectivity index (χ0) is 20.1. The van der Waals surface area contributed by atoms with Gasteiger partial charge in [0.2, 0.25) is 5.95 Å². The molecule has 0 aliphatic carbocycles. The molecule has 29 heavy (non-hydrogen) atoms. The van der Waals surface area contributed by atoms with Crippen molar-refractivity contribution in [2.75, 3.05) is 25.1 Å². The molecule has 0 saturated heterocycles. The molecule has 1 aliphatic heterocycles. The molecule has 1 N–H and O–H groups in total. The molecule has 1 aromatic heterocycles. The van der Waals surface area contributed by atoms with Crippen LogP contribution in [0.3, 0.4) is 0 Å². The standard InChI is InChI=1S/C23H24N4O2/c1-29-20-9-4-6-17(14-20)11-12-24-22(28)19-15-25-23(26-16-19)27-13-5-8-18-7-2-3-10-21(18)27/h2-4,6-7,9-10,14-16H,5,8,11-13H2,1H3,(H,24,28). The number of carbonyl (C=O) groups excluding carboxylic acids is 1. The molecule has 0 fully saturated rings. The summed E-state index contributed by atoms with van der Waals surface area (Å²) in [5.74, 6) is 1.28. The van der Waals surface area contributed by atoms with Crippen LogP contribution in [0.15, 0.2) is 60.9 Å². The maximum atomic E-state index is 12.4. The Morgan fingerprint density at radius 2 is 1.97 bits per heavy atom. The normalized spacial score (nSPS) is 12.9. The van der Waals surface area contributed by atoms with Gasteiger partial charge in [0.1, 0.15) is 5.75 Å². The third-order valence-corrected chi connectivity index (χ3v) is 5.09. The number of aryl methyl sites for hydroxylation is 1. The largest absolute Gasteiger partial charge is 0.497 e. The maximum absolute atomic E-state index is 12.4. The van der Waals surface area contributed by atoms with Crippen LogP contribution >= 0.6 is 0 Å². The fourth-order valence-corrected chi connectivity index (χ4v) is 3.57. The van der Waals surface area contributed by atoms with Crippen LogP contribution in [0.1, 0.15) is 27.9 Å². The summed E-state index contributed by atoms with van der Waals surface area (Å²) in [7, 11) is 1.65. The predicted octanol–water partition coefficient (Wildman–Crippen LogP) is 3.54. The van der Waals surface area contributed by atoms with E-state index in [0.29, 0.717) is 18.1 Å². The highest BCUT2D eigenvalue weighted by atomic mass is 16.5. The Kier molecular flexibility index (Phi) is 5.70. The molecule has 0 unspecified atom stereocenters. The molecule has 2 aromatic carbocycles. The molecule has 0 atom stereocenters. The van der Waals surface area contributed by atoms with Gasteiger partial charge in [0.15, 0.2) is 0 Å². The van der Waals surface area contributed by atoms with Crippen LogP contribution in [0, 0.1) is 0 Å². The minimum Gasteiger partial charge on any atom is -0.497 e. The lowest BCUT2D eigenvalue weighted by Gasteiger charge is -2.29. The molecule has 1 amide bonds. The van der Waals surface area contributed by atoms with Crippen LogP contribution < -0.4 is 15.0 Å². The monoisotopic (exact) mass is 388 g/mol. The highest BCUT2D eigenvalue weighted by molar-refractivity contribution is 5.93. The van der Waals surface area contributed by atoms with Crippen LogP contribution in [0.4, 0.5) is 11.6 Å². The van der Waals surface area contributed by atoms with Crippen molar-refractivity contribution in [1.29, 1.82) is 0 Å². The first-order valence-electron chi connectivity index (χ1n) is 9.83. The molecule has 3 aromatic rings. The highest BCUT2D eigenvalue weighted by Gasteiger charge is 2.20. The van der Waals surface area contributed by atoms with Gasteiger partial charge in [0, 0.05) is 31.2 Å². The van der Waals surface area contributed by atoms with Gasteiger partial charge in [0.05, 0.1) is 12.7 Å². The number of amides is 1. The molecule has 4 rings (SSSR count). The maximum Gasteiger partial charge on any atom is 0.254 e. The Hall–Kier alpha value is -3.41. The molecule has 6 heteroatoms. The van der Waals surface area contributed by atoms with Crippen molar-refractivity contribution in [1.82, 2.24) is 15.3 Å². The van der Waals surface area contributed by atoms with Crippen molar-refractivity contribution in [3.05, 3.63) is 77.6 Å². The molecule has 148 valence electrons. The van der Waals surface area contributed by atoms with Gasteiger partial charge in [-0.15, -0.1) is 0 Å². The number of anilines is 2. The van der Waals surface area contributed by atoms with E-state index < -0.39 is 0 Å². The van der Waals surface area contributed by atoms with Crippen LogP contribution in [0.5, 0.6) is 5.75 Å². The predicted molar refractivity (Wildman–Crippen MR) is 113 cm³/mol. The number of para-hydroxylation sites is 1. The Labute approximate surface area is 170 Å². The topological polar surface area (TPSA) is 67.3 Å². The van der Waals surface area contributed by atoms with E-state index in [4.69, 9.17) is 4.74 Å². The van der Waals surface area contributed by atoms with Crippen LogP contribution in [0.2, 0.25) is 0 Å². The van der Waals surface area contributed by atoms with Gasteiger partial charge >= 0.3 is 0 Å². The molecular weight excluding hydrogens is 364 g/mol. The number of nitrogens with zero attached hydrogens (tertiary/aromatic N) is 3. The number of carbonyl (C=O) groups is 1. The number of methoxy groups -OCH3 is 1. The fourth-order valence-electron chi connectivity index (χ4n) is 3.57. The van der Waals surface area contributed by atoms with Crippen molar-refractivity contribution in [3.8, 4) is 5.75 Å². The van der Waals surface area contributed by atoms with Crippen LogP contribution in [0.25, 0.3) is 0 Å². The minimum absolute atomic E-state index is 0.168. The number of benzene rings is 2. The van der Waals surface area contributed by atoms with Gasteiger partial charge in [0.25, 0.3) is 5.91 Å². The summed E-state index contributed by atoms with van der Waals surface area (Å²) in [4.78, 5) is 23.4. The van der Waals surface area contributed by atoms with E-state index in [2.05, 4.69) is 38.4 Å². The second-order valence-corrected chi connectivity index (χ2v) is 7.01. The molecule has 2 heterocycles. The van der Waals surface area contributed by atoms with E-state index >= 15 is 0 Å². The first-order valence-corrected chi connectivity index (χ1v) is 9.83. The van der Waals surface area contributed by atoms with Gasteiger partial charge in [-0.2, -0.15) is 0 Å². The Morgan fingerprint density at radius 1 is 1.14 bits per heavy atom. The van der Waals surface area contributed by atoms with Crippen molar-refractivity contribution in [2.45, 2.75) is 19.3 Å². The Balaban J connectivity index is 1.37. The second kappa shape index (κ2) is 8.73. The van der Waals surface area contributed by atoms with Crippen molar-refractivity contribution < 1.29 is 9.53 Å². The number of aromatic nitrogens is 2. The number of nitrogens with one attached hydrogen (secondary N) is 1. The molecule has 0 radical (unpaired) electrons. The first kappa shape index (κ1) is 18.9. The first-order chi connectivity index (χ1) is 14.2. The van der Waals surface area contributed by atoms with E-state index in [9.17, 15) is 4.79 Å². The smallest absolute Gasteiger partial charge is 0.254 e. The average Bonchev–Trinajstić information content (AvgIpc) is 2.79. The summed E-state index contributed by atoms with van der Waals surface area (Å²) in [5.41, 5.74) is 4.03. The number of fused-ring (bicyclic) bond motifs is 1. The molecular formula is C23H24N4O2. The Morgan fingerprint density at radius 3 is 2.79 bits per heavy atom. The minimum atomic E-state index is -0.168. The van der Waals surface area contributed by atoms with Crippen LogP contribution in [-0.2, 0) is 12.8 Å². The lowest BCUT2D eigenvalue weighted by Crippen LogP contribution is -2.28. The van der Waals surface area contributed by atoms with Gasteiger partial charge < -0.3 is 15.0 Å². The van der Waals surface area contributed by atoms with Gasteiger partial charge in [-0.05, 0) is 48.6 Å². The molecule has 0 saturated carbocycles. The summed E-state index contributed by atoms with van der Waals surface area (Å²) >= 11 is 0. The van der Waals surface area contributed by atoms with Gasteiger partial charge in [-0.25, -0.2) is 9.97 Å². The van der Waals surface area contributed by atoms with Gasteiger partial charge in [-0.3, -0.25) is 4.79 Å². The van der Waals surface area contributed by atoms with E-state index in [1.807, 2.05) is 30.3 Å². The van der Waals surface area contributed by atoms with Crippen molar-refractivity contribution >= 4 is 17.5 Å². The zero-order valence-electron chi connectivity index (χ0n) is 16.5. The molecule has 0 spiro atoms. The summed E-state index contributed by atoms with van der Waals surface area (Å²) < 4.78 is 5.23. The fraction of sp³-hybridized carbons (Fsp3) is 0.261. The van der Waals surface area contributed by atoms with E-state index in [1.165, 1.54) is 5.56 Å². The molecule has 6 nitrogen and oxygen atoms in total. The lowest BCUT2D eigenvalue weighted by molar-refractivity contribution is 0.0953. The van der Waals surface area contributed by atoms with E-state index in [0.717, 1.165) is 42.8 Å². The highest BCUT2D eigenvalue weighted by Crippen LogP contribution is 2.30. The number of hydrogen-bond acceptors (Lipinski definition) is 5. The van der Waals surface area contributed by atoms with Crippen LogP contribution in [-0.4, -0.2) is 36.1 Å². The SMILES string of the molecule is COc1cccc(CCNC(=O)c2cnc(N3CCCc4ccccc43)nc2)c1. The van der Waals surface area contributed by atoms with Crippen molar-refractivity contribution in [3.63, 3.8) is 0 Å². The zero-order valence-corrected chi connectivity index (χ0v) is 16.5. The molecule has 0 bridgehead atoms. The summed E-state index contributed by atoms with van der Waals surface area (Å²) in [6.45, 7) is 1.41. The number of ether oxygens (including phenoxy) is 1. The summed E-state index contributed by atoms with van der Waals surface area (Å²) in [5, 5.41) is 2.93. The quantitative estimate of drug-likeness (QED) is 0.700. The van der Waals surface area contributed by atoms with E-state index in [1.54, 1.807) is 19.5 Å². The summed E-state index contributed by atoms with van der Waals surface area (Å²) in [6, 6.07) is 16.2. The Bertz CT molecular complexity index is 988. The van der Waals surface area contributed by atoms with Crippen molar-refractivity contribution in [2.24, 2.45) is 0 Å². The average molecular weight is 388 g/mol. The third-order valence-electron chi connectivity index (χ3n) is 5.09. The number of rotatable bonds is 6. The van der Waals surface area contributed by atoms with E-state index in [-0.39, 0.29) is 5.91 Å². The second-order valence-electron chi connectivity index (χ2n) is 7.01. The number of hydrogen-bond donors (Lipinski definition) is 1. The summed E-state index contributed by atoms with van der Waals surface area (Å²) in [6.07, 6.45) is 6.06. The third kappa shape index (κ3) is 4.37. The molecule has 1 aliphatic rings. The lowest BCUT2D eigenvalue weighted by atomic mass is 10.0.